The number of aliphatic hydroxyl groups excluding tert-OH is 1. The number of hydrogen-bond donors (Lipinski definition) is 1. The predicted molar refractivity (Wildman–Crippen MR) is 63.4 cm³/mol. The Kier molecular flexibility index (Phi) is 9.49. The molecule has 14 heavy (non-hydrogen) atoms. The molecule has 0 fully saturated rings. The van der Waals surface area contributed by atoms with Crippen molar-refractivity contribution in [2.75, 3.05) is 6.61 Å². The predicted octanol–water partition coefficient (Wildman–Crippen LogP) is 4.00. The molecular weight excluding hydrogens is 172 g/mol. The molecule has 0 aliphatic carbocycles. The van der Waals surface area contributed by atoms with Crippen molar-refractivity contribution in [2.45, 2.75) is 65.7 Å². The first-order chi connectivity index (χ1) is 6.74. The molecule has 0 amide bonds. The highest BCUT2D eigenvalue weighted by atomic mass is 16.3. The number of aliphatic hydroxyl groups is 1. The van der Waals surface area contributed by atoms with Crippen molar-refractivity contribution in [2.24, 2.45) is 11.8 Å². The second kappa shape index (κ2) is 9.51. The van der Waals surface area contributed by atoms with E-state index in [1.54, 1.807) is 0 Å². The minimum Gasteiger partial charge on any atom is -0.396 e. The first-order valence-corrected chi connectivity index (χ1v) is 6.35. The quantitative estimate of drug-likeness (QED) is 0.558. The highest BCUT2D eigenvalue weighted by molar-refractivity contribution is 4.58. The normalized spacial score (nSPS) is 15.4. The Balaban J connectivity index is 3.32. The van der Waals surface area contributed by atoms with Crippen LogP contribution in [0.3, 0.4) is 0 Å². The molecule has 0 unspecified atom stereocenters. The van der Waals surface area contributed by atoms with Crippen LogP contribution in [0.25, 0.3) is 0 Å². The Bertz CT molecular complexity index is 112. The zero-order valence-electron chi connectivity index (χ0n) is 10.3. The van der Waals surface area contributed by atoms with E-state index in [-0.39, 0.29) is 0 Å². The van der Waals surface area contributed by atoms with Crippen LogP contribution in [0, 0.1) is 11.8 Å². The van der Waals surface area contributed by atoms with Crippen molar-refractivity contribution < 1.29 is 5.11 Å². The minimum absolute atomic E-state index is 0.353. The van der Waals surface area contributed by atoms with Gasteiger partial charge in [0.1, 0.15) is 0 Å². The summed E-state index contributed by atoms with van der Waals surface area (Å²) in [5, 5.41) is 8.87. The monoisotopic (exact) mass is 200 g/mol. The highest BCUT2D eigenvalue weighted by Crippen LogP contribution is 2.19. The van der Waals surface area contributed by atoms with Gasteiger partial charge in [0.15, 0.2) is 0 Å². The topological polar surface area (TPSA) is 20.2 Å². The summed E-state index contributed by atoms with van der Waals surface area (Å²) in [6, 6.07) is 0. The lowest BCUT2D eigenvalue weighted by atomic mass is 9.93. The second-order valence-corrected chi connectivity index (χ2v) is 4.64. The van der Waals surface area contributed by atoms with Gasteiger partial charge in [0, 0.05) is 6.61 Å². The molecule has 0 aliphatic heterocycles. The van der Waals surface area contributed by atoms with E-state index in [9.17, 15) is 0 Å². The van der Waals surface area contributed by atoms with Crippen LogP contribution in [-0.2, 0) is 0 Å². The summed E-state index contributed by atoms with van der Waals surface area (Å²) in [6.07, 6.45) is 9.29. The van der Waals surface area contributed by atoms with E-state index in [1.807, 2.05) is 0 Å². The SMILES string of the molecule is CCC[C@H](CC)CCCC[C@@H](C)CO. The van der Waals surface area contributed by atoms with Gasteiger partial charge in [-0.25, -0.2) is 0 Å². The van der Waals surface area contributed by atoms with Gasteiger partial charge in [-0.1, -0.05) is 59.3 Å². The summed E-state index contributed by atoms with van der Waals surface area (Å²) in [6.45, 7) is 7.06. The lowest BCUT2D eigenvalue weighted by molar-refractivity contribution is 0.226. The molecule has 0 aromatic heterocycles. The number of rotatable bonds is 9. The molecule has 0 aromatic rings. The molecule has 0 saturated heterocycles. The van der Waals surface area contributed by atoms with E-state index >= 15 is 0 Å². The van der Waals surface area contributed by atoms with E-state index in [2.05, 4.69) is 20.8 Å². The van der Waals surface area contributed by atoms with E-state index in [1.165, 1.54) is 44.9 Å². The summed E-state index contributed by atoms with van der Waals surface area (Å²) < 4.78 is 0. The maximum absolute atomic E-state index is 8.87. The van der Waals surface area contributed by atoms with Gasteiger partial charge in [-0.3, -0.25) is 0 Å². The highest BCUT2D eigenvalue weighted by Gasteiger charge is 2.05. The minimum atomic E-state index is 0.353. The molecule has 0 saturated carbocycles. The molecular formula is C13H28O. The molecule has 0 radical (unpaired) electrons. The van der Waals surface area contributed by atoms with Crippen LogP contribution in [0.15, 0.2) is 0 Å². The standard InChI is InChI=1S/C13H28O/c1-4-8-13(5-2)10-7-6-9-12(3)11-14/h12-14H,4-11H2,1-3H3/t12-,13+/m1/s1. The van der Waals surface area contributed by atoms with Crippen molar-refractivity contribution in [1.82, 2.24) is 0 Å². The lowest BCUT2D eigenvalue weighted by Crippen LogP contribution is -2.02. The molecule has 0 aliphatic rings. The van der Waals surface area contributed by atoms with Gasteiger partial charge in [-0.05, 0) is 18.3 Å². The molecule has 86 valence electrons. The zero-order valence-corrected chi connectivity index (χ0v) is 10.3. The third-order valence-electron chi connectivity index (χ3n) is 3.15. The van der Waals surface area contributed by atoms with Gasteiger partial charge in [0.2, 0.25) is 0 Å². The fourth-order valence-corrected chi connectivity index (χ4v) is 1.98. The van der Waals surface area contributed by atoms with Crippen LogP contribution in [0.1, 0.15) is 65.7 Å². The molecule has 1 nitrogen and oxygen atoms in total. The first kappa shape index (κ1) is 14.0. The van der Waals surface area contributed by atoms with Crippen LogP contribution >= 0.6 is 0 Å². The Hall–Kier alpha value is -0.0400. The van der Waals surface area contributed by atoms with Gasteiger partial charge < -0.3 is 5.11 Å². The van der Waals surface area contributed by atoms with E-state index < -0.39 is 0 Å². The molecule has 2 atom stereocenters. The van der Waals surface area contributed by atoms with Gasteiger partial charge in [0.05, 0.1) is 0 Å². The molecule has 0 spiro atoms. The van der Waals surface area contributed by atoms with E-state index in [4.69, 9.17) is 5.11 Å². The third-order valence-corrected chi connectivity index (χ3v) is 3.15. The van der Waals surface area contributed by atoms with Crippen LogP contribution in [0.4, 0.5) is 0 Å². The maximum Gasteiger partial charge on any atom is 0.0456 e. The largest absolute Gasteiger partial charge is 0.396 e. The average Bonchev–Trinajstić information content (AvgIpc) is 2.22. The molecule has 0 rings (SSSR count). The summed E-state index contributed by atoms with van der Waals surface area (Å²) in [5.41, 5.74) is 0. The van der Waals surface area contributed by atoms with Crippen LogP contribution in [0.5, 0.6) is 0 Å². The lowest BCUT2D eigenvalue weighted by Gasteiger charge is -2.14. The summed E-state index contributed by atoms with van der Waals surface area (Å²) in [4.78, 5) is 0. The van der Waals surface area contributed by atoms with Crippen LogP contribution in [-0.4, -0.2) is 11.7 Å². The summed E-state index contributed by atoms with van der Waals surface area (Å²) in [7, 11) is 0. The van der Waals surface area contributed by atoms with Crippen molar-refractivity contribution in [3.63, 3.8) is 0 Å². The van der Waals surface area contributed by atoms with E-state index in [0.29, 0.717) is 12.5 Å². The summed E-state index contributed by atoms with van der Waals surface area (Å²) >= 11 is 0. The number of hydrogen-bond acceptors (Lipinski definition) is 1. The van der Waals surface area contributed by atoms with Gasteiger partial charge in [0.25, 0.3) is 0 Å². The van der Waals surface area contributed by atoms with Crippen molar-refractivity contribution in [1.29, 1.82) is 0 Å². The Morgan fingerprint density at radius 2 is 1.64 bits per heavy atom. The third kappa shape index (κ3) is 7.37. The average molecular weight is 200 g/mol. The Labute approximate surface area is 89.9 Å². The Morgan fingerprint density at radius 1 is 1.00 bits per heavy atom. The zero-order chi connectivity index (χ0) is 10.8. The van der Waals surface area contributed by atoms with Crippen molar-refractivity contribution >= 4 is 0 Å². The molecule has 0 heterocycles. The molecule has 1 N–H and O–H groups in total. The molecule has 0 aromatic carbocycles. The van der Waals surface area contributed by atoms with Crippen LogP contribution < -0.4 is 0 Å². The maximum atomic E-state index is 8.87. The number of unbranched alkanes of at least 4 members (excludes halogenated alkanes) is 1. The van der Waals surface area contributed by atoms with Gasteiger partial charge >= 0.3 is 0 Å². The fraction of sp³-hybridized carbons (Fsp3) is 1.00. The second-order valence-electron chi connectivity index (χ2n) is 4.64. The molecule has 1 heteroatoms. The fourth-order valence-electron chi connectivity index (χ4n) is 1.98. The smallest absolute Gasteiger partial charge is 0.0456 e. The van der Waals surface area contributed by atoms with Gasteiger partial charge in [-0.15, -0.1) is 0 Å². The van der Waals surface area contributed by atoms with E-state index in [0.717, 1.165) is 5.92 Å². The summed E-state index contributed by atoms with van der Waals surface area (Å²) in [5.74, 6) is 1.45. The first-order valence-electron chi connectivity index (χ1n) is 6.35. The van der Waals surface area contributed by atoms with Crippen molar-refractivity contribution in [3.8, 4) is 0 Å². The van der Waals surface area contributed by atoms with Crippen LogP contribution in [0.2, 0.25) is 0 Å². The van der Waals surface area contributed by atoms with Crippen molar-refractivity contribution in [3.05, 3.63) is 0 Å². The van der Waals surface area contributed by atoms with Gasteiger partial charge in [-0.2, -0.15) is 0 Å². The Morgan fingerprint density at radius 3 is 2.14 bits per heavy atom. The molecule has 0 bridgehead atoms.